The molecule has 12 heteroatoms. The second-order valence-electron chi connectivity index (χ2n) is 5.55. The van der Waals surface area contributed by atoms with Crippen LogP contribution in [0.3, 0.4) is 0 Å². The van der Waals surface area contributed by atoms with E-state index in [2.05, 4.69) is 14.9 Å². The van der Waals surface area contributed by atoms with Gasteiger partial charge in [-0.25, -0.2) is 12.8 Å². The molecule has 1 atom stereocenters. The maximum atomic E-state index is 12.9. The number of amides is 1. The van der Waals surface area contributed by atoms with Crippen LogP contribution in [0.1, 0.15) is 6.42 Å². The van der Waals surface area contributed by atoms with Gasteiger partial charge in [-0.15, -0.1) is 16.7 Å². The Labute approximate surface area is 177 Å². The molecule has 1 unspecified atom stereocenters. The van der Waals surface area contributed by atoms with Crippen molar-refractivity contribution in [3.05, 3.63) is 61.9 Å². The van der Waals surface area contributed by atoms with Crippen molar-refractivity contribution in [1.82, 2.24) is 9.62 Å². The maximum absolute atomic E-state index is 12.9. The van der Waals surface area contributed by atoms with Gasteiger partial charge in [-0.1, -0.05) is 24.3 Å². The monoisotopic (exact) mass is 451 g/mol. The van der Waals surface area contributed by atoms with E-state index in [1.54, 1.807) is 30.6 Å². The molecule has 0 radical (unpaired) electrons. The number of likely N-dealkylation sites (N-methyl/N-ethyl adjacent to an activating group) is 1. The van der Waals surface area contributed by atoms with E-state index in [4.69, 9.17) is 5.26 Å². The van der Waals surface area contributed by atoms with Crippen LogP contribution in [-0.2, 0) is 14.8 Å². The van der Waals surface area contributed by atoms with Gasteiger partial charge in [0.15, 0.2) is 0 Å². The van der Waals surface area contributed by atoms with Gasteiger partial charge in [0.2, 0.25) is 0 Å². The van der Waals surface area contributed by atoms with Crippen molar-refractivity contribution >= 4 is 46.0 Å². The number of carbonyl (C=O) groups is 1. The maximum Gasteiger partial charge on any atom is 0.275 e. The number of nitrogens with zero attached hydrogens (tertiary/aromatic N) is 4. The quantitative estimate of drug-likeness (QED) is 0.164. The molecule has 9 nitrogen and oxygen atoms in total. The Balaban J connectivity index is 2.35. The fraction of sp³-hybridized carbons (Fsp3) is 0.235. The molecule has 2 rings (SSSR count). The molecule has 0 spiro atoms. The van der Waals surface area contributed by atoms with Gasteiger partial charge in [-0.2, -0.15) is 5.26 Å². The lowest BCUT2D eigenvalue weighted by atomic mass is 9.99. The molecule has 29 heavy (non-hydrogen) atoms. The van der Waals surface area contributed by atoms with Crippen LogP contribution in [0.4, 0.5) is 0 Å². The predicted octanol–water partition coefficient (Wildman–Crippen LogP) is 2.78. The van der Waals surface area contributed by atoms with Crippen molar-refractivity contribution in [2.75, 3.05) is 13.3 Å². The third-order valence-electron chi connectivity index (χ3n) is 3.93. The molecule has 1 amide bonds. The number of thioether (sulfide) groups is 1. The number of carbonyl (C=O) groups excluding carboxylic acids is 1. The molecule has 0 saturated carbocycles. The first-order valence-corrected chi connectivity index (χ1v) is 11.6. The molecule has 0 fully saturated rings. The summed E-state index contributed by atoms with van der Waals surface area (Å²) >= 11 is 2.17. The molecule has 0 bridgehead atoms. The molecule has 1 aliphatic heterocycles. The van der Waals surface area contributed by atoms with E-state index in [1.807, 2.05) is 6.07 Å². The lowest BCUT2D eigenvalue weighted by Gasteiger charge is -2.32. The van der Waals surface area contributed by atoms with Crippen molar-refractivity contribution in [2.45, 2.75) is 6.42 Å². The number of hydrogen-bond acceptors (Lipinski definition) is 9. The van der Waals surface area contributed by atoms with Crippen LogP contribution in [0.5, 0.6) is 0 Å². The van der Waals surface area contributed by atoms with Gasteiger partial charge in [0.05, 0.1) is 15.7 Å². The van der Waals surface area contributed by atoms with Gasteiger partial charge in [0, 0.05) is 24.4 Å². The first-order chi connectivity index (χ1) is 13.9. The van der Waals surface area contributed by atoms with Gasteiger partial charge in [0.1, 0.15) is 23.8 Å². The Morgan fingerprint density at radius 3 is 2.86 bits per heavy atom. The molecule has 0 aromatic carbocycles. The molecule has 0 aromatic rings. The average molecular weight is 452 g/mol. The van der Waals surface area contributed by atoms with Gasteiger partial charge in [-0.3, -0.25) is 9.10 Å². The summed E-state index contributed by atoms with van der Waals surface area (Å²) < 4.78 is 30.3. The molecule has 0 saturated heterocycles. The van der Waals surface area contributed by atoms with E-state index in [1.165, 1.54) is 30.3 Å². The van der Waals surface area contributed by atoms with E-state index in [0.717, 1.165) is 22.6 Å². The predicted molar refractivity (Wildman–Crippen MR) is 115 cm³/mol. The summed E-state index contributed by atoms with van der Waals surface area (Å²) in [6.07, 6.45) is 11.4. The van der Waals surface area contributed by atoms with Crippen LogP contribution in [-0.4, -0.2) is 38.3 Å². The molecule has 152 valence electrons. The summed E-state index contributed by atoms with van der Waals surface area (Å²) in [5.41, 5.74) is -0.571. The number of sulfonamides is 1. The van der Waals surface area contributed by atoms with E-state index < -0.39 is 21.8 Å². The van der Waals surface area contributed by atoms with E-state index >= 15 is 0 Å². The smallest absolute Gasteiger partial charge is 0.275 e. The minimum absolute atomic E-state index is 0.0335. The van der Waals surface area contributed by atoms with Gasteiger partial charge >= 0.3 is 0 Å². The molecule has 1 N–H and O–H groups in total. The fourth-order valence-electron chi connectivity index (χ4n) is 2.53. The molecule has 1 aliphatic carbocycles. The molecule has 0 aromatic heterocycles. The van der Waals surface area contributed by atoms with E-state index in [-0.39, 0.29) is 16.3 Å². The first-order valence-electron chi connectivity index (χ1n) is 8.11. The van der Waals surface area contributed by atoms with Crippen LogP contribution in [0.15, 0.2) is 66.6 Å². The third kappa shape index (κ3) is 5.06. The summed E-state index contributed by atoms with van der Waals surface area (Å²) in [7, 11) is -2.83. The minimum atomic E-state index is -4.02. The van der Waals surface area contributed by atoms with Crippen LogP contribution < -0.4 is 5.32 Å². The molecule has 2 aliphatic rings. The fourth-order valence-corrected chi connectivity index (χ4v) is 4.96. The number of allylic oxidation sites excluding steroid dienone is 6. The highest BCUT2D eigenvalue weighted by atomic mass is 32.2. The van der Waals surface area contributed by atoms with Gasteiger partial charge in [-0.05, 0) is 23.9 Å². The summed E-state index contributed by atoms with van der Waals surface area (Å²) in [5, 5.41) is 15.6. The minimum Gasteiger partial charge on any atom is -0.311 e. The highest BCUT2D eigenvalue weighted by Crippen LogP contribution is 2.38. The van der Waals surface area contributed by atoms with Gasteiger partial charge in [0.25, 0.3) is 15.9 Å². The Morgan fingerprint density at radius 1 is 1.45 bits per heavy atom. The summed E-state index contributed by atoms with van der Waals surface area (Å²) in [5.74, 6) is -1.79. The van der Waals surface area contributed by atoms with Crippen LogP contribution in [0.2, 0.25) is 0 Å². The number of hydrogen-bond donors (Lipinski definition) is 1. The Morgan fingerprint density at radius 2 is 2.21 bits per heavy atom. The second kappa shape index (κ2) is 10.2. The third-order valence-corrected chi connectivity index (χ3v) is 7.18. The van der Waals surface area contributed by atoms with Gasteiger partial charge < -0.3 is 5.32 Å². The topological polar surface area (TPSA) is 132 Å². The second-order valence-corrected chi connectivity index (χ2v) is 9.02. The van der Waals surface area contributed by atoms with Crippen molar-refractivity contribution in [3.8, 4) is 6.07 Å². The van der Waals surface area contributed by atoms with E-state index in [0.29, 0.717) is 11.3 Å². The largest absolute Gasteiger partial charge is 0.311 e. The zero-order chi connectivity index (χ0) is 21.4. The Hall–Kier alpha value is -2.62. The Kier molecular flexibility index (Phi) is 8.00. The number of nitroso groups, excluding NO2 is 1. The zero-order valence-corrected chi connectivity index (χ0v) is 17.9. The van der Waals surface area contributed by atoms with E-state index in [9.17, 15) is 18.1 Å². The normalized spacial score (nSPS) is 24.0. The standard InChI is InChI=1S/C17H17N5O4S3/c1-22-16(17(23)19-11-20-28-10-12(9-18)27-2)15(21-24)13-7-5-3-4-6-8-14(13)29(22,25)26/h4-8,10-11,13H,3H2,1-2H3,(H,19,20,23)/b6-4-,7-5?,12-10-,14-8+. The number of nitrogens with one attached hydrogen (secondary N) is 1. The number of rotatable bonds is 6. The number of nitriles is 1. The van der Waals surface area contributed by atoms with Crippen molar-refractivity contribution in [2.24, 2.45) is 15.5 Å². The first kappa shape index (κ1) is 22.7. The SMILES string of the molecule is CS/C(C#N)=C\SN=CNC(=O)C1=C(N=O)C2C=CC/C=C\C=C/2S(=O)(=O)N1C. The summed E-state index contributed by atoms with van der Waals surface area (Å²) in [6.45, 7) is 0. The van der Waals surface area contributed by atoms with Crippen LogP contribution >= 0.6 is 23.7 Å². The highest BCUT2D eigenvalue weighted by Gasteiger charge is 2.42. The van der Waals surface area contributed by atoms with Crippen LogP contribution in [0.25, 0.3) is 0 Å². The lowest BCUT2D eigenvalue weighted by molar-refractivity contribution is -0.117. The number of fused-ring (bicyclic) bond motifs is 1. The Bertz CT molecular complexity index is 1020. The summed E-state index contributed by atoms with van der Waals surface area (Å²) in [6, 6.07) is 1.96. The lowest BCUT2D eigenvalue weighted by Crippen LogP contribution is -2.42. The van der Waals surface area contributed by atoms with Crippen LogP contribution in [0, 0.1) is 22.2 Å². The zero-order valence-electron chi connectivity index (χ0n) is 15.5. The highest BCUT2D eigenvalue weighted by molar-refractivity contribution is 8.05. The molecular weight excluding hydrogens is 434 g/mol. The van der Waals surface area contributed by atoms with Crippen molar-refractivity contribution in [1.29, 1.82) is 5.26 Å². The van der Waals surface area contributed by atoms with Crippen molar-refractivity contribution < 1.29 is 13.2 Å². The van der Waals surface area contributed by atoms with Crippen molar-refractivity contribution in [3.63, 3.8) is 0 Å². The average Bonchev–Trinajstić information content (AvgIpc) is 2.67. The molecule has 1 heterocycles. The summed E-state index contributed by atoms with van der Waals surface area (Å²) in [4.78, 5) is 24.5. The molecular formula is C17H17N5O4S3.